The molecule has 0 bridgehead atoms. The molecule has 1 amide bonds. The second kappa shape index (κ2) is 8.52. The van der Waals surface area contributed by atoms with Crippen LogP contribution >= 0.6 is 11.6 Å². The Kier molecular flexibility index (Phi) is 7.02. The molecule has 1 rings (SSSR count). The molecule has 1 unspecified atom stereocenters. The highest BCUT2D eigenvalue weighted by atomic mass is 35.5. The topological polar surface area (TPSA) is 113 Å². The van der Waals surface area contributed by atoms with Crippen LogP contribution in [0.5, 0.6) is 0 Å². The fraction of sp³-hybridized carbons (Fsp3) is 0.571. The number of hydrogen-bond donors (Lipinski definition) is 3. The molecule has 1 aromatic rings. The highest BCUT2D eigenvalue weighted by molar-refractivity contribution is 6.28. The molecule has 128 valence electrons. The smallest absolute Gasteiger partial charge is 0.408 e. The number of amides is 1. The summed E-state index contributed by atoms with van der Waals surface area (Å²) in [5, 5.41) is 14.6. The van der Waals surface area contributed by atoms with Crippen LogP contribution in [0.25, 0.3) is 0 Å². The Morgan fingerprint density at radius 2 is 2.13 bits per heavy atom. The van der Waals surface area contributed by atoms with Gasteiger partial charge in [0.2, 0.25) is 5.28 Å². The van der Waals surface area contributed by atoms with Gasteiger partial charge in [-0.1, -0.05) is 0 Å². The quantitative estimate of drug-likeness (QED) is 0.513. The standard InChI is InChI=1S/C14H21ClN4O4/c1-14(2,3)23-13(22)18-9(11(20)21)5-4-7-16-10-6-8-17-12(15)19-10/h6,8-9H,4-5,7H2,1-3H3,(H,18,22)(H,20,21)(H,16,17,19). The lowest BCUT2D eigenvalue weighted by atomic mass is 10.1. The van der Waals surface area contributed by atoms with Gasteiger partial charge in [0.1, 0.15) is 17.5 Å². The molecule has 23 heavy (non-hydrogen) atoms. The Bertz CT molecular complexity index is 548. The summed E-state index contributed by atoms with van der Waals surface area (Å²) in [6.07, 6.45) is 1.52. The van der Waals surface area contributed by atoms with Crippen molar-refractivity contribution in [1.29, 1.82) is 0 Å². The van der Waals surface area contributed by atoms with E-state index in [9.17, 15) is 9.59 Å². The summed E-state index contributed by atoms with van der Waals surface area (Å²) in [7, 11) is 0. The summed E-state index contributed by atoms with van der Waals surface area (Å²) in [5.41, 5.74) is -0.680. The van der Waals surface area contributed by atoms with E-state index in [4.69, 9.17) is 21.4 Å². The third-order valence-electron chi connectivity index (χ3n) is 2.59. The molecule has 0 aliphatic heterocycles. The average Bonchev–Trinajstić information content (AvgIpc) is 2.40. The summed E-state index contributed by atoms with van der Waals surface area (Å²) >= 11 is 5.66. The monoisotopic (exact) mass is 344 g/mol. The van der Waals surface area contributed by atoms with Gasteiger partial charge in [0.25, 0.3) is 0 Å². The largest absolute Gasteiger partial charge is 0.480 e. The van der Waals surface area contributed by atoms with Crippen molar-refractivity contribution in [2.45, 2.75) is 45.3 Å². The van der Waals surface area contributed by atoms with E-state index >= 15 is 0 Å². The van der Waals surface area contributed by atoms with Crippen molar-refractivity contribution in [2.75, 3.05) is 11.9 Å². The van der Waals surface area contributed by atoms with E-state index in [-0.39, 0.29) is 11.7 Å². The van der Waals surface area contributed by atoms with Crippen LogP contribution in [0.1, 0.15) is 33.6 Å². The molecule has 3 N–H and O–H groups in total. The molecule has 8 nitrogen and oxygen atoms in total. The summed E-state index contributed by atoms with van der Waals surface area (Å²) < 4.78 is 5.05. The van der Waals surface area contributed by atoms with Gasteiger partial charge in [0.15, 0.2) is 0 Å². The van der Waals surface area contributed by atoms with E-state index in [2.05, 4.69) is 20.6 Å². The zero-order valence-electron chi connectivity index (χ0n) is 13.3. The number of anilines is 1. The van der Waals surface area contributed by atoms with E-state index in [0.717, 1.165) is 0 Å². The second-order valence-corrected chi connectivity index (χ2v) is 6.16. The van der Waals surface area contributed by atoms with Crippen LogP contribution in [0.4, 0.5) is 10.6 Å². The summed E-state index contributed by atoms with van der Waals surface area (Å²) in [6, 6.07) is 0.639. The van der Waals surface area contributed by atoms with Crippen LogP contribution in [0.3, 0.4) is 0 Å². The molecule has 0 saturated carbocycles. The fourth-order valence-electron chi connectivity index (χ4n) is 1.66. The number of rotatable bonds is 7. The van der Waals surface area contributed by atoms with Crippen molar-refractivity contribution in [2.24, 2.45) is 0 Å². The van der Waals surface area contributed by atoms with Crippen LogP contribution in [-0.4, -0.2) is 45.3 Å². The number of alkyl carbamates (subject to hydrolysis) is 1. The Hall–Kier alpha value is -2.09. The number of nitrogens with one attached hydrogen (secondary N) is 2. The minimum atomic E-state index is -1.11. The third-order valence-corrected chi connectivity index (χ3v) is 2.77. The van der Waals surface area contributed by atoms with Gasteiger partial charge in [0, 0.05) is 12.7 Å². The molecule has 0 aliphatic rings. The van der Waals surface area contributed by atoms with Crippen LogP contribution in [0.15, 0.2) is 12.3 Å². The molecule has 0 aliphatic carbocycles. The molecule has 0 radical (unpaired) electrons. The Morgan fingerprint density at radius 3 is 2.70 bits per heavy atom. The Morgan fingerprint density at radius 1 is 1.43 bits per heavy atom. The highest BCUT2D eigenvalue weighted by Crippen LogP contribution is 2.09. The van der Waals surface area contributed by atoms with E-state index in [1.165, 1.54) is 6.20 Å². The second-order valence-electron chi connectivity index (χ2n) is 5.82. The van der Waals surface area contributed by atoms with Crippen LogP contribution in [0.2, 0.25) is 5.28 Å². The minimum absolute atomic E-state index is 0.130. The van der Waals surface area contributed by atoms with Crippen LogP contribution < -0.4 is 10.6 Å². The van der Waals surface area contributed by atoms with Crippen LogP contribution in [-0.2, 0) is 9.53 Å². The van der Waals surface area contributed by atoms with Crippen molar-refractivity contribution in [1.82, 2.24) is 15.3 Å². The SMILES string of the molecule is CC(C)(C)OC(=O)NC(CCCNc1ccnc(Cl)n1)C(=O)O. The number of aromatic nitrogens is 2. The molecular formula is C14H21ClN4O4. The lowest BCUT2D eigenvalue weighted by Gasteiger charge is -2.22. The van der Waals surface area contributed by atoms with Gasteiger partial charge in [-0.2, -0.15) is 0 Å². The molecule has 1 aromatic heterocycles. The van der Waals surface area contributed by atoms with E-state index < -0.39 is 23.7 Å². The molecule has 0 fully saturated rings. The lowest BCUT2D eigenvalue weighted by Crippen LogP contribution is -2.43. The first-order chi connectivity index (χ1) is 10.7. The van der Waals surface area contributed by atoms with Gasteiger partial charge in [-0.15, -0.1) is 0 Å². The van der Waals surface area contributed by atoms with Gasteiger partial charge in [-0.3, -0.25) is 0 Å². The van der Waals surface area contributed by atoms with Gasteiger partial charge in [0.05, 0.1) is 0 Å². The first-order valence-corrected chi connectivity index (χ1v) is 7.50. The van der Waals surface area contributed by atoms with E-state index in [1.807, 2.05) is 0 Å². The van der Waals surface area contributed by atoms with Crippen molar-refractivity contribution < 1.29 is 19.4 Å². The number of hydrogen-bond acceptors (Lipinski definition) is 6. The van der Waals surface area contributed by atoms with Gasteiger partial charge in [-0.05, 0) is 51.3 Å². The first-order valence-electron chi connectivity index (χ1n) is 7.12. The Balaban J connectivity index is 2.39. The predicted octanol–water partition coefficient (Wildman–Crippen LogP) is 2.30. The number of aliphatic carboxylic acids is 1. The van der Waals surface area contributed by atoms with Gasteiger partial charge >= 0.3 is 12.1 Å². The van der Waals surface area contributed by atoms with Crippen molar-refractivity contribution in [3.63, 3.8) is 0 Å². The van der Waals surface area contributed by atoms with Crippen LogP contribution in [0, 0.1) is 0 Å². The molecule has 1 heterocycles. The van der Waals surface area contributed by atoms with Crippen molar-refractivity contribution >= 4 is 29.5 Å². The minimum Gasteiger partial charge on any atom is -0.480 e. The average molecular weight is 345 g/mol. The zero-order chi connectivity index (χ0) is 17.5. The zero-order valence-corrected chi connectivity index (χ0v) is 14.1. The Labute approximate surface area is 139 Å². The first kappa shape index (κ1) is 19.0. The lowest BCUT2D eigenvalue weighted by molar-refractivity contribution is -0.139. The number of ether oxygens (including phenoxy) is 1. The normalized spacial score (nSPS) is 12.3. The van der Waals surface area contributed by atoms with E-state index in [0.29, 0.717) is 18.8 Å². The summed E-state index contributed by atoms with van der Waals surface area (Å²) in [4.78, 5) is 30.5. The van der Waals surface area contributed by atoms with Crippen molar-refractivity contribution in [3.8, 4) is 0 Å². The maximum atomic E-state index is 11.6. The number of nitrogens with zero attached hydrogens (tertiary/aromatic N) is 2. The molecule has 9 heteroatoms. The summed E-state index contributed by atoms with van der Waals surface area (Å²) in [5.74, 6) is -0.557. The third kappa shape index (κ3) is 8.20. The number of carbonyl (C=O) groups is 2. The number of halogens is 1. The van der Waals surface area contributed by atoms with Gasteiger partial charge < -0.3 is 20.5 Å². The molecule has 0 aromatic carbocycles. The number of carboxylic acids is 1. The number of carboxylic acid groups (broad SMARTS) is 1. The maximum Gasteiger partial charge on any atom is 0.408 e. The number of carbonyl (C=O) groups excluding carboxylic acids is 1. The molecule has 1 atom stereocenters. The molecular weight excluding hydrogens is 324 g/mol. The molecule has 0 spiro atoms. The van der Waals surface area contributed by atoms with Gasteiger partial charge in [-0.25, -0.2) is 19.6 Å². The highest BCUT2D eigenvalue weighted by Gasteiger charge is 2.23. The summed E-state index contributed by atoms with van der Waals surface area (Å²) in [6.45, 7) is 5.60. The van der Waals surface area contributed by atoms with Crippen molar-refractivity contribution in [3.05, 3.63) is 17.5 Å². The predicted molar refractivity (Wildman–Crippen MR) is 85.6 cm³/mol. The maximum absolute atomic E-state index is 11.6. The fourth-order valence-corrected chi connectivity index (χ4v) is 1.81. The van der Waals surface area contributed by atoms with E-state index in [1.54, 1.807) is 26.8 Å². The molecule has 0 saturated heterocycles.